The van der Waals surface area contributed by atoms with Gasteiger partial charge in [-0.15, -0.1) is 0 Å². The lowest BCUT2D eigenvalue weighted by Crippen LogP contribution is -2.22. The number of aryl methyl sites for hydroxylation is 1. The highest BCUT2D eigenvalue weighted by Gasteiger charge is 1.99. The molecule has 0 spiro atoms. The molecule has 0 bridgehead atoms. The number of hydrogen-bond acceptors (Lipinski definition) is 2. The van der Waals surface area contributed by atoms with Crippen LogP contribution in [0.1, 0.15) is 27.2 Å². The molecule has 0 unspecified atom stereocenters. The summed E-state index contributed by atoms with van der Waals surface area (Å²) in [6.45, 7) is 6.95. The lowest BCUT2D eigenvalue weighted by Gasteiger charge is -2.07. The average Bonchev–Trinajstić information content (AvgIpc) is 2.19. The van der Waals surface area contributed by atoms with Gasteiger partial charge < -0.3 is 10.3 Å². The van der Waals surface area contributed by atoms with E-state index in [2.05, 4.69) is 20.8 Å². The molecule has 15 heavy (non-hydrogen) atoms. The average molecular weight is 206 g/mol. The number of anilines is 1. The van der Waals surface area contributed by atoms with E-state index in [9.17, 15) is 4.79 Å². The molecule has 3 heteroatoms. The molecular formula is C12H18N2O. The van der Waals surface area contributed by atoms with Crippen LogP contribution in [0.2, 0.25) is 0 Å². The van der Waals surface area contributed by atoms with Crippen molar-refractivity contribution in [2.24, 2.45) is 0 Å². The van der Waals surface area contributed by atoms with Crippen molar-refractivity contribution < 1.29 is 0 Å². The van der Waals surface area contributed by atoms with Crippen LogP contribution in [0.3, 0.4) is 0 Å². The molecule has 1 aromatic rings. The van der Waals surface area contributed by atoms with Gasteiger partial charge in [0.15, 0.2) is 0 Å². The second-order valence-corrected chi connectivity index (χ2v) is 3.99. The number of pyridine rings is 1. The van der Waals surface area contributed by atoms with Crippen LogP contribution in [0.25, 0.3) is 0 Å². The fourth-order valence-corrected chi connectivity index (χ4v) is 1.27. The van der Waals surface area contributed by atoms with E-state index in [1.165, 1.54) is 11.1 Å². The van der Waals surface area contributed by atoms with Gasteiger partial charge in [0.2, 0.25) is 0 Å². The predicted molar refractivity (Wildman–Crippen MR) is 63.8 cm³/mol. The number of allylic oxidation sites excluding steroid dienone is 2. The third-order valence-electron chi connectivity index (χ3n) is 2.63. The van der Waals surface area contributed by atoms with Crippen LogP contribution >= 0.6 is 0 Å². The Bertz CT molecular complexity index is 425. The van der Waals surface area contributed by atoms with Gasteiger partial charge in [-0.05, 0) is 39.3 Å². The minimum atomic E-state index is -0.0981. The second kappa shape index (κ2) is 4.82. The molecule has 1 aromatic heterocycles. The van der Waals surface area contributed by atoms with E-state index < -0.39 is 0 Å². The summed E-state index contributed by atoms with van der Waals surface area (Å²) in [6, 6.07) is 3.43. The SMILES string of the molecule is CC(C)=C(C)CCn1cccc(N)c1=O. The normalized spacial score (nSPS) is 10.1. The Morgan fingerprint density at radius 2 is 2.07 bits per heavy atom. The Kier molecular flexibility index (Phi) is 3.72. The van der Waals surface area contributed by atoms with Crippen molar-refractivity contribution in [3.05, 3.63) is 39.8 Å². The molecule has 0 radical (unpaired) electrons. The lowest BCUT2D eigenvalue weighted by molar-refractivity contribution is 0.664. The van der Waals surface area contributed by atoms with E-state index >= 15 is 0 Å². The summed E-state index contributed by atoms with van der Waals surface area (Å²) in [5.74, 6) is 0. The molecule has 82 valence electrons. The number of aromatic nitrogens is 1. The highest BCUT2D eigenvalue weighted by molar-refractivity contribution is 5.33. The van der Waals surface area contributed by atoms with E-state index in [0.29, 0.717) is 12.2 Å². The molecule has 0 fully saturated rings. The van der Waals surface area contributed by atoms with Gasteiger partial charge >= 0.3 is 0 Å². The molecule has 0 aliphatic heterocycles. The Hall–Kier alpha value is -1.51. The molecule has 0 amide bonds. The first-order valence-corrected chi connectivity index (χ1v) is 5.10. The topological polar surface area (TPSA) is 48.0 Å². The number of nitrogens with two attached hydrogens (primary N) is 1. The van der Waals surface area contributed by atoms with Gasteiger partial charge in [0.05, 0.1) is 5.69 Å². The molecule has 3 nitrogen and oxygen atoms in total. The number of rotatable bonds is 3. The van der Waals surface area contributed by atoms with E-state index in [0.717, 1.165) is 6.42 Å². The third-order valence-corrected chi connectivity index (χ3v) is 2.63. The summed E-state index contributed by atoms with van der Waals surface area (Å²) in [6.07, 6.45) is 2.67. The quantitative estimate of drug-likeness (QED) is 0.770. The smallest absolute Gasteiger partial charge is 0.273 e. The molecular weight excluding hydrogens is 188 g/mol. The van der Waals surface area contributed by atoms with Gasteiger partial charge in [-0.25, -0.2) is 0 Å². The maximum atomic E-state index is 11.6. The number of nitrogen functional groups attached to an aromatic ring is 1. The first kappa shape index (κ1) is 11.6. The van der Waals surface area contributed by atoms with Crippen LogP contribution in [-0.4, -0.2) is 4.57 Å². The lowest BCUT2D eigenvalue weighted by atomic mass is 10.1. The van der Waals surface area contributed by atoms with Crippen LogP contribution < -0.4 is 11.3 Å². The number of nitrogens with zero attached hydrogens (tertiary/aromatic N) is 1. The van der Waals surface area contributed by atoms with Gasteiger partial charge in [0.25, 0.3) is 5.56 Å². The van der Waals surface area contributed by atoms with Gasteiger partial charge in [0.1, 0.15) is 0 Å². The van der Waals surface area contributed by atoms with E-state index in [4.69, 9.17) is 5.73 Å². The zero-order valence-corrected chi connectivity index (χ0v) is 9.58. The molecule has 0 aromatic carbocycles. The second-order valence-electron chi connectivity index (χ2n) is 3.99. The van der Waals surface area contributed by atoms with Crippen LogP contribution in [0.4, 0.5) is 5.69 Å². The maximum absolute atomic E-state index is 11.6. The Morgan fingerprint density at radius 3 is 2.67 bits per heavy atom. The fourth-order valence-electron chi connectivity index (χ4n) is 1.27. The van der Waals surface area contributed by atoms with Gasteiger partial charge in [-0.2, -0.15) is 0 Å². The molecule has 1 heterocycles. The Labute approximate surface area is 90.2 Å². The standard InChI is InChI=1S/C12H18N2O/c1-9(2)10(3)6-8-14-7-4-5-11(13)12(14)15/h4-5,7H,6,8,13H2,1-3H3. The Morgan fingerprint density at radius 1 is 1.40 bits per heavy atom. The van der Waals surface area contributed by atoms with Crippen LogP contribution in [0, 0.1) is 0 Å². The van der Waals surface area contributed by atoms with Crippen molar-refractivity contribution >= 4 is 5.69 Å². The highest BCUT2D eigenvalue weighted by Crippen LogP contribution is 2.07. The first-order chi connectivity index (χ1) is 7.02. The van der Waals surface area contributed by atoms with Gasteiger partial charge in [0, 0.05) is 12.7 Å². The zero-order chi connectivity index (χ0) is 11.4. The van der Waals surface area contributed by atoms with Gasteiger partial charge in [-0.3, -0.25) is 4.79 Å². The summed E-state index contributed by atoms with van der Waals surface area (Å²) in [5, 5.41) is 0. The molecule has 0 saturated carbocycles. The minimum absolute atomic E-state index is 0.0981. The fraction of sp³-hybridized carbons (Fsp3) is 0.417. The third kappa shape index (κ3) is 2.98. The molecule has 0 saturated heterocycles. The monoisotopic (exact) mass is 206 g/mol. The van der Waals surface area contributed by atoms with Crippen LogP contribution in [0.5, 0.6) is 0 Å². The molecule has 0 aliphatic rings. The largest absolute Gasteiger partial charge is 0.394 e. The molecule has 2 N–H and O–H groups in total. The van der Waals surface area contributed by atoms with Crippen molar-refractivity contribution in [1.82, 2.24) is 4.57 Å². The van der Waals surface area contributed by atoms with E-state index in [1.54, 1.807) is 22.9 Å². The van der Waals surface area contributed by atoms with Gasteiger partial charge in [-0.1, -0.05) is 11.1 Å². The molecule has 0 aliphatic carbocycles. The summed E-state index contributed by atoms with van der Waals surface area (Å²) in [4.78, 5) is 11.6. The number of hydrogen-bond donors (Lipinski definition) is 1. The zero-order valence-electron chi connectivity index (χ0n) is 9.58. The van der Waals surface area contributed by atoms with Crippen LogP contribution in [-0.2, 0) is 6.54 Å². The maximum Gasteiger partial charge on any atom is 0.273 e. The van der Waals surface area contributed by atoms with E-state index in [1.807, 2.05) is 0 Å². The summed E-state index contributed by atoms with van der Waals surface area (Å²) in [7, 11) is 0. The highest BCUT2D eigenvalue weighted by atomic mass is 16.1. The van der Waals surface area contributed by atoms with Crippen molar-refractivity contribution in [3.8, 4) is 0 Å². The first-order valence-electron chi connectivity index (χ1n) is 5.10. The summed E-state index contributed by atoms with van der Waals surface area (Å²) in [5.41, 5.74) is 8.39. The predicted octanol–water partition coefficient (Wildman–Crippen LogP) is 2.18. The summed E-state index contributed by atoms with van der Waals surface area (Å²) < 4.78 is 1.65. The van der Waals surface area contributed by atoms with Crippen LogP contribution in [0.15, 0.2) is 34.3 Å². The van der Waals surface area contributed by atoms with E-state index in [-0.39, 0.29) is 5.56 Å². The summed E-state index contributed by atoms with van der Waals surface area (Å²) >= 11 is 0. The van der Waals surface area contributed by atoms with Crippen molar-refractivity contribution in [1.29, 1.82) is 0 Å². The van der Waals surface area contributed by atoms with Crippen molar-refractivity contribution in [2.75, 3.05) is 5.73 Å². The molecule has 1 rings (SSSR count). The molecule has 0 atom stereocenters. The Balaban J connectivity index is 2.79. The minimum Gasteiger partial charge on any atom is -0.394 e. The van der Waals surface area contributed by atoms with Crippen molar-refractivity contribution in [3.63, 3.8) is 0 Å². The van der Waals surface area contributed by atoms with Crippen molar-refractivity contribution in [2.45, 2.75) is 33.7 Å².